The van der Waals surface area contributed by atoms with Gasteiger partial charge in [0.15, 0.2) is 0 Å². The van der Waals surface area contributed by atoms with E-state index in [0.29, 0.717) is 17.3 Å². The molecule has 100 valence electrons. The average molecular weight is 273 g/mol. The number of nitrogens with one attached hydrogen (secondary N) is 1. The van der Waals surface area contributed by atoms with Crippen LogP contribution in [0.1, 0.15) is 19.8 Å². The Hall–Kier alpha value is -1.00. The van der Waals surface area contributed by atoms with E-state index in [1.807, 2.05) is 0 Å². The zero-order valence-corrected chi connectivity index (χ0v) is 11.1. The van der Waals surface area contributed by atoms with E-state index in [2.05, 4.69) is 12.2 Å². The van der Waals surface area contributed by atoms with Crippen molar-refractivity contribution in [2.45, 2.75) is 25.8 Å². The van der Waals surface area contributed by atoms with E-state index < -0.39 is 5.82 Å². The molecule has 0 spiro atoms. The van der Waals surface area contributed by atoms with Gasteiger partial charge in [0.1, 0.15) is 5.82 Å². The van der Waals surface area contributed by atoms with Gasteiger partial charge in [-0.3, -0.25) is 0 Å². The Morgan fingerprint density at radius 2 is 2.11 bits per heavy atom. The van der Waals surface area contributed by atoms with E-state index in [1.165, 1.54) is 12.1 Å². The summed E-state index contributed by atoms with van der Waals surface area (Å²) in [5.41, 5.74) is 6.91. The van der Waals surface area contributed by atoms with Crippen molar-refractivity contribution in [2.24, 2.45) is 5.92 Å². The molecule has 18 heavy (non-hydrogen) atoms. The third-order valence-electron chi connectivity index (χ3n) is 3.45. The van der Waals surface area contributed by atoms with Crippen molar-refractivity contribution in [1.29, 1.82) is 0 Å². The molecule has 1 fully saturated rings. The van der Waals surface area contributed by atoms with Gasteiger partial charge < -0.3 is 15.8 Å². The number of anilines is 2. The van der Waals surface area contributed by atoms with E-state index in [9.17, 15) is 4.39 Å². The number of halogens is 2. The van der Waals surface area contributed by atoms with E-state index in [0.717, 1.165) is 26.1 Å². The molecule has 1 saturated heterocycles. The minimum absolute atomic E-state index is 0.0526. The number of nitrogens with two attached hydrogens (primary N) is 1. The summed E-state index contributed by atoms with van der Waals surface area (Å²) in [6.07, 6.45) is 2.04. The summed E-state index contributed by atoms with van der Waals surface area (Å²) in [4.78, 5) is 0. The van der Waals surface area contributed by atoms with Crippen LogP contribution in [0, 0.1) is 11.7 Å². The molecule has 0 amide bonds. The molecular formula is C13H18ClFN2O. The van der Waals surface area contributed by atoms with Gasteiger partial charge in [0.2, 0.25) is 0 Å². The Morgan fingerprint density at radius 1 is 1.44 bits per heavy atom. The van der Waals surface area contributed by atoms with E-state index >= 15 is 0 Å². The van der Waals surface area contributed by atoms with Crippen molar-refractivity contribution >= 4 is 23.0 Å². The minimum Gasteiger partial charge on any atom is -0.397 e. The lowest BCUT2D eigenvalue weighted by molar-refractivity contribution is 0.0622. The predicted octanol–water partition coefficient (Wildman–Crippen LogP) is 3.29. The fraction of sp³-hybridized carbons (Fsp3) is 0.538. The Labute approximate surface area is 111 Å². The van der Waals surface area contributed by atoms with Gasteiger partial charge in [0.25, 0.3) is 0 Å². The number of hydrogen-bond donors (Lipinski definition) is 2. The fourth-order valence-corrected chi connectivity index (χ4v) is 2.44. The van der Waals surface area contributed by atoms with Crippen LogP contribution in [0.3, 0.4) is 0 Å². The summed E-state index contributed by atoms with van der Waals surface area (Å²) in [5, 5.41) is 3.32. The van der Waals surface area contributed by atoms with Crippen LogP contribution >= 0.6 is 11.6 Å². The molecule has 0 aromatic heterocycles. The van der Waals surface area contributed by atoms with E-state index in [-0.39, 0.29) is 11.1 Å². The molecule has 0 radical (unpaired) electrons. The highest BCUT2D eigenvalue weighted by molar-refractivity contribution is 6.31. The van der Waals surface area contributed by atoms with Gasteiger partial charge in [-0.05, 0) is 31.7 Å². The highest BCUT2D eigenvalue weighted by atomic mass is 35.5. The topological polar surface area (TPSA) is 47.3 Å². The maximum absolute atomic E-state index is 13.4. The molecule has 1 aromatic carbocycles. The summed E-state index contributed by atoms with van der Waals surface area (Å²) in [6.45, 7) is 3.67. The molecule has 0 aliphatic carbocycles. The number of hydrogen-bond acceptors (Lipinski definition) is 3. The van der Waals surface area contributed by atoms with E-state index in [1.54, 1.807) is 0 Å². The lowest BCUT2D eigenvalue weighted by Crippen LogP contribution is -2.31. The standard InChI is InChI=1S/C13H18ClFN2O/c1-8(9-2-4-18-5-3-9)17-13-7-11(15)10(14)6-12(13)16/h6-9,17H,2-5,16H2,1H3. The second kappa shape index (κ2) is 5.76. The first-order valence-electron chi connectivity index (χ1n) is 6.16. The maximum atomic E-state index is 13.4. The highest BCUT2D eigenvalue weighted by Crippen LogP contribution is 2.29. The van der Waals surface area contributed by atoms with Crippen molar-refractivity contribution in [3.05, 3.63) is 23.0 Å². The zero-order chi connectivity index (χ0) is 13.1. The minimum atomic E-state index is -0.451. The Balaban J connectivity index is 2.06. The van der Waals surface area contributed by atoms with Gasteiger partial charge in [-0.25, -0.2) is 4.39 Å². The number of benzene rings is 1. The van der Waals surface area contributed by atoms with Crippen LogP contribution in [-0.4, -0.2) is 19.3 Å². The monoisotopic (exact) mass is 272 g/mol. The zero-order valence-electron chi connectivity index (χ0n) is 10.4. The number of rotatable bonds is 3. The lowest BCUT2D eigenvalue weighted by atomic mass is 9.93. The van der Waals surface area contributed by atoms with Gasteiger partial charge in [-0.15, -0.1) is 0 Å². The number of nitrogen functional groups attached to an aromatic ring is 1. The van der Waals surface area contributed by atoms with Crippen molar-refractivity contribution in [2.75, 3.05) is 24.3 Å². The van der Waals surface area contributed by atoms with Crippen molar-refractivity contribution < 1.29 is 9.13 Å². The first-order valence-corrected chi connectivity index (χ1v) is 6.54. The molecule has 5 heteroatoms. The molecule has 3 nitrogen and oxygen atoms in total. The van der Waals surface area contributed by atoms with Gasteiger partial charge in [-0.2, -0.15) is 0 Å². The molecule has 1 unspecified atom stereocenters. The van der Waals surface area contributed by atoms with Crippen LogP contribution < -0.4 is 11.1 Å². The smallest absolute Gasteiger partial charge is 0.143 e. The third kappa shape index (κ3) is 3.06. The second-order valence-electron chi connectivity index (χ2n) is 4.74. The predicted molar refractivity (Wildman–Crippen MR) is 72.5 cm³/mol. The van der Waals surface area contributed by atoms with E-state index in [4.69, 9.17) is 22.1 Å². The van der Waals surface area contributed by atoms with Crippen LogP contribution in [0.5, 0.6) is 0 Å². The lowest BCUT2D eigenvalue weighted by Gasteiger charge is -2.29. The largest absolute Gasteiger partial charge is 0.397 e. The molecule has 0 saturated carbocycles. The van der Waals surface area contributed by atoms with Gasteiger partial charge in [0, 0.05) is 25.3 Å². The van der Waals surface area contributed by atoms with Gasteiger partial charge >= 0.3 is 0 Å². The van der Waals surface area contributed by atoms with Crippen LogP contribution in [0.25, 0.3) is 0 Å². The molecule has 0 bridgehead atoms. The fourth-order valence-electron chi connectivity index (χ4n) is 2.27. The molecule has 1 heterocycles. The van der Waals surface area contributed by atoms with Crippen molar-refractivity contribution in [3.8, 4) is 0 Å². The van der Waals surface area contributed by atoms with Crippen molar-refractivity contribution in [1.82, 2.24) is 0 Å². The first-order chi connectivity index (χ1) is 8.58. The third-order valence-corrected chi connectivity index (χ3v) is 3.74. The summed E-state index contributed by atoms with van der Waals surface area (Å²) in [7, 11) is 0. The van der Waals surface area contributed by atoms with Gasteiger partial charge in [0.05, 0.1) is 16.4 Å². The molecule has 3 N–H and O–H groups in total. The highest BCUT2D eigenvalue weighted by Gasteiger charge is 2.21. The molecular weight excluding hydrogens is 255 g/mol. The normalized spacial score (nSPS) is 18.6. The Kier molecular flexibility index (Phi) is 4.30. The SMILES string of the molecule is CC(Nc1cc(F)c(Cl)cc1N)C1CCOCC1. The van der Waals surface area contributed by atoms with Crippen LogP contribution in [0.4, 0.5) is 15.8 Å². The summed E-state index contributed by atoms with van der Waals surface area (Å²) in [5.74, 6) is 0.0735. The molecule has 1 atom stereocenters. The van der Waals surface area contributed by atoms with Gasteiger partial charge in [-0.1, -0.05) is 11.6 Å². The molecule has 1 aromatic rings. The second-order valence-corrected chi connectivity index (χ2v) is 5.14. The average Bonchev–Trinajstić information content (AvgIpc) is 2.37. The van der Waals surface area contributed by atoms with Crippen LogP contribution in [0.15, 0.2) is 12.1 Å². The molecule has 1 aliphatic rings. The maximum Gasteiger partial charge on any atom is 0.143 e. The summed E-state index contributed by atoms with van der Waals surface area (Å²) in [6, 6.07) is 3.03. The van der Waals surface area contributed by atoms with Crippen molar-refractivity contribution in [3.63, 3.8) is 0 Å². The quantitative estimate of drug-likeness (QED) is 0.830. The van der Waals surface area contributed by atoms with Crippen LogP contribution in [0.2, 0.25) is 5.02 Å². The van der Waals surface area contributed by atoms with Crippen LogP contribution in [-0.2, 0) is 4.74 Å². The summed E-state index contributed by atoms with van der Waals surface area (Å²) >= 11 is 5.67. The Morgan fingerprint density at radius 3 is 2.78 bits per heavy atom. The number of ether oxygens (including phenoxy) is 1. The Bertz CT molecular complexity index is 422. The summed E-state index contributed by atoms with van der Waals surface area (Å²) < 4.78 is 18.7. The molecule has 2 rings (SSSR count). The molecule has 1 aliphatic heterocycles. The first kappa shape index (κ1) is 13.4.